The fraction of sp³-hybridized carbons (Fsp3) is 0.0370. The Kier molecular flexibility index (Phi) is 4.25. The Hall–Kier alpha value is -4.38. The Morgan fingerprint density at radius 2 is 1.66 bits per heavy atom. The summed E-state index contributed by atoms with van der Waals surface area (Å²) in [6.45, 7) is 0. The lowest BCUT2D eigenvalue weighted by molar-refractivity contribution is 0.415. The Balaban J connectivity index is 1.50. The average molecular weight is 416 g/mol. The highest BCUT2D eigenvalue weighted by Gasteiger charge is 2.14. The minimum absolute atomic E-state index is 0.840. The molecular formula is C27H20N4O. The van der Waals surface area contributed by atoms with E-state index in [4.69, 9.17) is 4.74 Å². The third kappa shape index (κ3) is 3.03. The van der Waals surface area contributed by atoms with Crippen LogP contribution in [-0.4, -0.2) is 27.3 Å². The number of rotatable bonds is 4. The Morgan fingerprint density at radius 1 is 0.750 bits per heavy atom. The van der Waals surface area contributed by atoms with E-state index in [0.717, 1.165) is 61.3 Å². The first-order chi connectivity index (χ1) is 15.8. The van der Waals surface area contributed by atoms with Gasteiger partial charge in [0.25, 0.3) is 0 Å². The number of aromatic nitrogens is 4. The molecule has 32 heavy (non-hydrogen) atoms. The number of methoxy groups -OCH3 is 1. The van der Waals surface area contributed by atoms with E-state index in [1.807, 2.05) is 42.6 Å². The smallest absolute Gasteiger partial charge is 0.119 e. The Bertz CT molecular complexity index is 1560. The van der Waals surface area contributed by atoms with Crippen LogP contribution in [0.2, 0.25) is 0 Å². The zero-order valence-corrected chi connectivity index (χ0v) is 17.5. The highest BCUT2D eigenvalue weighted by atomic mass is 16.5. The summed E-state index contributed by atoms with van der Waals surface area (Å²) in [7, 11) is 1.69. The summed E-state index contributed by atoms with van der Waals surface area (Å²) in [6.07, 6.45) is 1.82. The van der Waals surface area contributed by atoms with Crippen LogP contribution in [0.5, 0.6) is 5.75 Å². The van der Waals surface area contributed by atoms with E-state index in [-0.39, 0.29) is 0 Å². The molecular weight excluding hydrogens is 396 g/mol. The monoisotopic (exact) mass is 416 g/mol. The molecule has 0 saturated carbocycles. The molecule has 0 bridgehead atoms. The van der Waals surface area contributed by atoms with Crippen molar-refractivity contribution in [2.24, 2.45) is 0 Å². The average Bonchev–Trinajstić information content (AvgIpc) is 3.48. The molecule has 6 aromatic rings. The number of hydrogen-bond acceptors (Lipinski definition) is 3. The number of aromatic amines is 2. The fourth-order valence-corrected chi connectivity index (χ4v) is 4.23. The van der Waals surface area contributed by atoms with E-state index in [1.54, 1.807) is 7.11 Å². The van der Waals surface area contributed by atoms with Crippen LogP contribution in [0, 0.1) is 0 Å². The SMILES string of the molecule is COc1cccc(-c2ccc3[nH]nc(-c4cc5c(-c6ccccn6)cccc5[nH]4)c3c2)c1. The molecule has 6 rings (SSSR count). The quantitative estimate of drug-likeness (QED) is 0.347. The van der Waals surface area contributed by atoms with Crippen molar-refractivity contribution < 1.29 is 4.74 Å². The van der Waals surface area contributed by atoms with Crippen LogP contribution in [0.4, 0.5) is 0 Å². The summed E-state index contributed by atoms with van der Waals surface area (Å²) in [5.41, 5.74) is 8.19. The third-order valence-electron chi connectivity index (χ3n) is 5.83. The largest absolute Gasteiger partial charge is 0.497 e. The molecule has 3 heterocycles. The van der Waals surface area contributed by atoms with Crippen LogP contribution >= 0.6 is 0 Å². The molecule has 0 amide bonds. The van der Waals surface area contributed by atoms with Gasteiger partial charge in [-0.15, -0.1) is 0 Å². The molecule has 2 N–H and O–H groups in total. The van der Waals surface area contributed by atoms with Crippen molar-refractivity contribution in [2.75, 3.05) is 7.11 Å². The van der Waals surface area contributed by atoms with Gasteiger partial charge in [-0.2, -0.15) is 5.10 Å². The summed E-state index contributed by atoms with van der Waals surface area (Å²) in [5.74, 6) is 0.840. The standard InChI is InChI=1S/C27H20N4O/c1-32-19-7-4-6-17(14-19)18-11-12-25-22(15-18)27(31-30-25)26-16-21-20(8-5-10-24(21)29-26)23-9-2-3-13-28-23/h2-16,29H,1H3,(H,30,31). The van der Waals surface area contributed by atoms with Crippen LogP contribution in [-0.2, 0) is 0 Å². The molecule has 0 unspecified atom stereocenters. The van der Waals surface area contributed by atoms with Crippen LogP contribution in [0.15, 0.2) is 91.1 Å². The Labute approximate surface area is 184 Å². The number of fused-ring (bicyclic) bond motifs is 2. The van der Waals surface area contributed by atoms with Crippen molar-refractivity contribution in [3.8, 4) is 39.5 Å². The van der Waals surface area contributed by atoms with Gasteiger partial charge in [-0.1, -0.05) is 36.4 Å². The van der Waals surface area contributed by atoms with Gasteiger partial charge in [-0.3, -0.25) is 10.1 Å². The molecule has 0 aliphatic carbocycles. The van der Waals surface area contributed by atoms with E-state index in [1.165, 1.54) is 0 Å². The third-order valence-corrected chi connectivity index (χ3v) is 5.83. The number of nitrogens with zero attached hydrogens (tertiary/aromatic N) is 2. The summed E-state index contributed by atoms with van der Waals surface area (Å²) < 4.78 is 5.39. The van der Waals surface area contributed by atoms with Gasteiger partial charge in [0, 0.05) is 28.0 Å². The van der Waals surface area contributed by atoms with E-state index in [9.17, 15) is 0 Å². The van der Waals surface area contributed by atoms with Gasteiger partial charge < -0.3 is 9.72 Å². The van der Waals surface area contributed by atoms with Gasteiger partial charge in [-0.05, 0) is 59.7 Å². The molecule has 0 radical (unpaired) electrons. The molecule has 0 aliphatic heterocycles. The maximum atomic E-state index is 5.39. The number of pyridine rings is 1. The van der Waals surface area contributed by atoms with Crippen molar-refractivity contribution in [1.82, 2.24) is 20.2 Å². The maximum Gasteiger partial charge on any atom is 0.119 e. The van der Waals surface area contributed by atoms with Crippen molar-refractivity contribution in [3.05, 3.63) is 91.1 Å². The number of nitrogens with one attached hydrogen (secondary N) is 2. The van der Waals surface area contributed by atoms with Crippen molar-refractivity contribution in [3.63, 3.8) is 0 Å². The van der Waals surface area contributed by atoms with Gasteiger partial charge in [0.1, 0.15) is 11.4 Å². The van der Waals surface area contributed by atoms with Gasteiger partial charge in [0.2, 0.25) is 0 Å². The molecule has 3 aromatic carbocycles. The van der Waals surface area contributed by atoms with Crippen LogP contribution in [0.3, 0.4) is 0 Å². The van der Waals surface area contributed by atoms with Crippen molar-refractivity contribution >= 4 is 21.8 Å². The second-order valence-electron chi connectivity index (χ2n) is 7.73. The second-order valence-corrected chi connectivity index (χ2v) is 7.73. The number of ether oxygens (including phenoxy) is 1. The summed E-state index contributed by atoms with van der Waals surface area (Å²) in [4.78, 5) is 8.08. The van der Waals surface area contributed by atoms with E-state index < -0.39 is 0 Å². The van der Waals surface area contributed by atoms with Crippen molar-refractivity contribution in [1.29, 1.82) is 0 Å². The fourth-order valence-electron chi connectivity index (χ4n) is 4.23. The van der Waals surface area contributed by atoms with E-state index in [0.29, 0.717) is 0 Å². The minimum atomic E-state index is 0.840. The van der Waals surface area contributed by atoms with Gasteiger partial charge in [0.05, 0.1) is 24.0 Å². The second kappa shape index (κ2) is 7.39. The van der Waals surface area contributed by atoms with Crippen LogP contribution < -0.4 is 4.74 Å². The lowest BCUT2D eigenvalue weighted by Gasteiger charge is -2.05. The molecule has 5 heteroatoms. The highest BCUT2D eigenvalue weighted by Crippen LogP contribution is 2.35. The molecule has 0 saturated heterocycles. The zero-order chi connectivity index (χ0) is 21.5. The predicted molar refractivity (Wildman–Crippen MR) is 129 cm³/mol. The molecule has 0 aliphatic rings. The van der Waals surface area contributed by atoms with E-state index >= 15 is 0 Å². The first-order valence-corrected chi connectivity index (χ1v) is 10.5. The molecule has 154 valence electrons. The first-order valence-electron chi connectivity index (χ1n) is 10.5. The molecule has 0 spiro atoms. The van der Waals surface area contributed by atoms with Gasteiger partial charge in [-0.25, -0.2) is 0 Å². The predicted octanol–water partition coefficient (Wildman–Crippen LogP) is 6.45. The molecule has 0 fully saturated rings. The molecule has 3 aromatic heterocycles. The maximum absolute atomic E-state index is 5.39. The summed E-state index contributed by atoms with van der Waals surface area (Å²) >= 11 is 0. The molecule has 5 nitrogen and oxygen atoms in total. The molecule has 0 atom stereocenters. The van der Waals surface area contributed by atoms with Gasteiger partial charge in [0.15, 0.2) is 0 Å². The topological polar surface area (TPSA) is 66.6 Å². The normalized spacial score (nSPS) is 11.3. The number of hydrogen-bond donors (Lipinski definition) is 2. The van der Waals surface area contributed by atoms with Crippen LogP contribution in [0.1, 0.15) is 0 Å². The number of H-pyrrole nitrogens is 2. The Morgan fingerprint density at radius 3 is 2.53 bits per heavy atom. The van der Waals surface area contributed by atoms with Gasteiger partial charge >= 0.3 is 0 Å². The summed E-state index contributed by atoms with van der Waals surface area (Å²) in [5, 5.41) is 10.00. The lowest BCUT2D eigenvalue weighted by atomic mass is 10.0. The van der Waals surface area contributed by atoms with Crippen molar-refractivity contribution in [2.45, 2.75) is 0 Å². The summed E-state index contributed by atoms with van der Waals surface area (Å²) in [6, 6.07) is 28.8. The zero-order valence-electron chi connectivity index (χ0n) is 17.5. The van der Waals surface area contributed by atoms with Crippen LogP contribution in [0.25, 0.3) is 55.6 Å². The first kappa shape index (κ1) is 18.4. The number of benzene rings is 3. The highest BCUT2D eigenvalue weighted by molar-refractivity contribution is 6.01. The van der Waals surface area contributed by atoms with E-state index in [2.05, 4.69) is 68.7 Å². The lowest BCUT2D eigenvalue weighted by Crippen LogP contribution is -1.84. The minimum Gasteiger partial charge on any atom is -0.497 e.